The summed E-state index contributed by atoms with van der Waals surface area (Å²) in [6.07, 6.45) is -0.217. The van der Waals surface area contributed by atoms with E-state index in [0.29, 0.717) is 12.2 Å². The van der Waals surface area contributed by atoms with Crippen LogP contribution >= 0.6 is 15.9 Å². The number of benzene rings is 2. The van der Waals surface area contributed by atoms with Crippen molar-refractivity contribution in [3.8, 4) is 5.75 Å². The molecule has 0 saturated heterocycles. The van der Waals surface area contributed by atoms with Crippen LogP contribution in [-0.4, -0.2) is 18.9 Å². The average Bonchev–Trinajstić information content (AvgIpc) is 2.56. The van der Waals surface area contributed by atoms with E-state index in [0.717, 1.165) is 21.3 Å². The van der Waals surface area contributed by atoms with Crippen LogP contribution in [0.3, 0.4) is 0 Å². The van der Waals surface area contributed by atoms with Crippen molar-refractivity contribution in [1.82, 2.24) is 5.32 Å². The Balaban J connectivity index is 1.80. The highest BCUT2D eigenvalue weighted by Crippen LogP contribution is 2.20. The van der Waals surface area contributed by atoms with Gasteiger partial charge in [-0.2, -0.15) is 0 Å². The summed E-state index contributed by atoms with van der Waals surface area (Å²) in [6.45, 7) is 2.30. The molecule has 2 amide bonds. The SMILES string of the molecule is COc1ccc(CNC(=O)CC(=O)Nc2ccc(Br)c(C)c2)cc1. The Morgan fingerprint density at radius 2 is 1.79 bits per heavy atom. The van der Waals surface area contributed by atoms with E-state index in [1.54, 1.807) is 13.2 Å². The van der Waals surface area contributed by atoms with Gasteiger partial charge in [0.15, 0.2) is 0 Å². The summed E-state index contributed by atoms with van der Waals surface area (Å²) in [4.78, 5) is 23.8. The fourth-order valence-corrected chi connectivity index (χ4v) is 2.33. The normalized spacial score (nSPS) is 10.1. The molecule has 2 rings (SSSR count). The highest BCUT2D eigenvalue weighted by molar-refractivity contribution is 9.10. The molecule has 0 radical (unpaired) electrons. The molecule has 24 heavy (non-hydrogen) atoms. The second-order valence-electron chi connectivity index (χ2n) is 5.31. The number of anilines is 1. The number of halogens is 1. The zero-order chi connectivity index (χ0) is 17.5. The Morgan fingerprint density at radius 3 is 2.42 bits per heavy atom. The third kappa shape index (κ3) is 5.38. The van der Waals surface area contributed by atoms with Crippen LogP contribution in [0.5, 0.6) is 5.75 Å². The molecule has 2 aromatic rings. The molecule has 0 unspecified atom stereocenters. The number of hydrogen-bond acceptors (Lipinski definition) is 3. The third-order valence-corrected chi connectivity index (χ3v) is 4.30. The van der Waals surface area contributed by atoms with Crippen molar-refractivity contribution in [1.29, 1.82) is 0 Å². The quantitative estimate of drug-likeness (QED) is 0.742. The molecule has 6 heteroatoms. The lowest BCUT2D eigenvalue weighted by atomic mass is 10.2. The van der Waals surface area contributed by atoms with Crippen LogP contribution in [0.2, 0.25) is 0 Å². The van der Waals surface area contributed by atoms with E-state index in [9.17, 15) is 9.59 Å². The minimum absolute atomic E-state index is 0.217. The zero-order valence-corrected chi connectivity index (χ0v) is 15.1. The first-order valence-corrected chi connectivity index (χ1v) is 8.23. The molecule has 0 spiro atoms. The summed E-state index contributed by atoms with van der Waals surface area (Å²) in [7, 11) is 1.60. The van der Waals surface area contributed by atoms with Crippen LogP contribution in [0.15, 0.2) is 46.9 Å². The Kier molecular flexibility index (Phi) is 6.37. The monoisotopic (exact) mass is 390 g/mol. The molecular weight excluding hydrogens is 372 g/mol. The van der Waals surface area contributed by atoms with Crippen LogP contribution in [0.1, 0.15) is 17.5 Å². The molecule has 5 nitrogen and oxygen atoms in total. The minimum Gasteiger partial charge on any atom is -0.497 e. The summed E-state index contributed by atoms with van der Waals surface area (Å²) in [5.74, 6) is 0.0929. The summed E-state index contributed by atoms with van der Waals surface area (Å²) in [5, 5.41) is 5.44. The number of methoxy groups -OCH3 is 1. The summed E-state index contributed by atoms with van der Waals surface area (Å²) < 4.78 is 6.05. The van der Waals surface area contributed by atoms with Gasteiger partial charge in [0.2, 0.25) is 11.8 Å². The first-order valence-electron chi connectivity index (χ1n) is 7.43. The molecule has 0 bridgehead atoms. The minimum atomic E-state index is -0.344. The van der Waals surface area contributed by atoms with Crippen LogP contribution in [0.25, 0.3) is 0 Å². The summed E-state index contributed by atoms with van der Waals surface area (Å²) in [6, 6.07) is 12.9. The molecule has 0 aromatic heterocycles. The van der Waals surface area contributed by atoms with Gasteiger partial charge in [0.05, 0.1) is 7.11 Å². The molecule has 0 aliphatic heterocycles. The first-order chi connectivity index (χ1) is 11.5. The van der Waals surface area contributed by atoms with E-state index < -0.39 is 0 Å². The maximum atomic E-state index is 11.9. The Labute approximate surface area is 149 Å². The van der Waals surface area contributed by atoms with Gasteiger partial charge in [-0.1, -0.05) is 28.1 Å². The standard InChI is InChI=1S/C18H19BrN2O3/c1-12-9-14(5-8-16(12)19)21-18(23)10-17(22)20-11-13-3-6-15(24-2)7-4-13/h3-9H,10-11H2,1-2H3,(H,20,22)(H,21,23). The van der Waals surface area contributed by atoms with Crippen LogP contribution in [-0.2, 0) is 16.1 Å². The van der Waals surface area contributed by atoms with Gasteiger partial charge in [-0.25, -0.2) is 0 Å². The van der Waals surface area contributed by atoms with Crippen LogP contribution in [0.4, 0.5) is 5.69 Å². The fraction of sp³-hybridized carbons (Fsp3) is 0.222. The molecule has 2 aromatic carbocycles. The summed E-state index contributed by atoms with van der Waals surface area (Å²) in [5.41, 5.74) is 2.62. The molecule has 0 saturated carbocycles. The molecule has 0 aliphatic carbocycles. The van der Waals surface area contributed by atoms with Gasteiger partial charge in [0, 0.05) is 16.7 Å². The van der Waals surface area contributed by atoms with Gasteiger partial charge >= 0.3 is 0 Å². The molecular formula is C18H19BrN2O3. The Hall–Kier alpha value is -2.34. The lowest BCUT2D eigenvalue weighted by Crippen LogP contribution is -2.27. The number of rotatable bonds is 6. The Bertz CT molecular complexity index is 730. The highest BCUT2D eigenvalue weighted by atomic mass is 79.9. The highest BCUT2D eigenvalue weighted by Gasteiger charge is 2.10. The van der Waals surface area contributed by atoms with Gasteiger partial charge in [-0.3, -0.25) is 9.59 Å². The maximum Gasteiger partial charge on any atom is 0.233 e. The van der Waals surface area contributed by atoms with Crippen LogP contribution in [0, 0.1) is 6.92 Å². The van der Waals surface area contributed by atoms with Gasteiger partial charge in [0.1, 0.15) is 12.2 Å². The maximum absolute atomic E-state index is 11.9. The smallest absolute Gasteiger partial charge is 0.233 e. The van der Waals surface area contributed by atoms with E-state index in [2.05, 4.69) is 26.6 Å². The first kappa shape index (κ1) is 18.0. The van der Waals surface area contributed by atoms with E-state index in [1.807, 2.05) is 43.3 Å². The lowest BCUT2D eigenvalue weighted by Gasteiger charge is -2.08. The van der Waals surface area contributed by atoms with Gasteiger partial charge in [-0.05, 0) is 48.4 Å². The van der Waals surface area contributed by atoms with Crippen molar-refractivity contribution in [2.45, 2.75) is 19.9 Å². The number of hydrogen-bond donors (Lipinski definition) is 2. The van der Waals surface area contributed by atoms with E-state index in [4.69, 9.17) is 4.74 Å². The van der Waals surface area contributed by atoms with E-state index in [-0.39, 0.29) is 18.2 Å². The number of carbonyl (C=O) groups excluding carboxylic acids is 2. The van der Waals surface area contributed by atoms with Crippen molar-refractivity contribution < 1.29 is 14.3 Å². The second kappa shape index (κ2) is 8.49. The summed E-state index contributed by atoms with van der Waals surface area (Å²) >= 11 is 3.40. The average molecular weight is 391 g/mol. The largest absolute Gasteiger partial charge is 0.497 e. The van der Waals surface area contributed by atoms with Crippen LogP contribution < -0.4 is 15.4 Å². The lowest BCUT2D eigenvalue weighted by molar-refractivity contribution is -0.126. The number of nitrogens with one attached hydrogen (secondary N) is 2. The predicted molar refractivity (Wildman–Crippen MR) is 97.0 cm³/mol. The zero-order valence-electron chi connectivity index (χ0n) is 13.6. The number of carbonyl (C=O) groups is 2. The van der Waals surface area contributed by atoms with Crippen molar-refractivity contribution in [3.63, 3.8) is 0 Å². The van der Waals surface area contributed by atoms with Gasteiger partial charge < -0.3 is 15.4 Å². The van der Waals surface area contributed by atoms with Crippen molar-refractivity contribution in [2.75, 3.05) is 12.4 Å². The fourth-order valence-electron chi connectivity index (χ4n) is 2.08. The number of aryl methyl sites for hydroxylation is 1. The van der Waals surface area contributed by atoms with Gasteiger partial charge in [0.25, 0.3) is 0 Å². The number of amides is 2. The molecule has 2 N–H and O–H groups in total. The number of ether oxygens (including phenoxy) is 1. The van der Waals surface area contributed by atoms with E-state index >= 15 is 0 Å². The molecule has 0 fully saturated rings. The molecule has 0 atom stereocenters. The molecule has 126 valence electrons. The predicted octanol–water partition coefficient (Wildman–Crippen LogP) is 3.41. The Morgan fingerprint density at radius 1 is 1.08 bits per heavy atom. The topological polar surface area (TPSA) is 67.4 Å². The molecule has 0 aliphatic rings. The van der Waals surface area contributed by atoms with Gasteiger partial charge in [-0.15, -0.1) is 0 Å². The van der Waals surface area contributed by atoms with E-state index in [1.165, 1.54) is 0 Å². The van der Waals surface area contributed by atoms with Crippen molar-refractivity contribution in [3.05, 3.63) is 58.1 Å². The third-order valence-electron chi connectivity index (χ3n) is 3.41. The molecule has 0 heterocycles. The second-order valence-corrected chi connectivity index (χ2v) is 6.17. The van der Waals surface area contributed by atoms with Crippen molar-refractivity contribution in [2.24, 2.45) is 0 Å². The van der Waals surface area contributed by atoms with Crippen molar-refractivity contribution >= 4 is 33.4 Å².